The average molecular weight is 526 g/mol. The van der Waals surface area contributed by atoms with Crippen molar-refractivity contribution in [1.82, 2.24) is 25.1 Å². The first-order chi connectivity index (χ1) is 15.6. The number of nitrogens with one attached hydrogen (secondary N) is 1. The Labute approximate surface area is 200 Å². The fourth-order valence-corrected chi connectivity index (χ4v) is 4.91. The molecule has 0 unspecified atom stereocenters. The van der Waals surface area contributed by atoms with Gasteiger partial charge in [0, 0.05) is 22.7 Å². The Balaban J connectivity index is 1.23. The van der Waals surface area contributed by atoms with Gasteiger partial charge in [0.15, 0.2) is 10.8 Å². The summed E-state index contributed by atoms with van der Waals surface area (Å²) in [6.45, 7) is 0. The minimum atomic E-state index is -0.190. The van der Waals surface area contributed by atoms with Gasteiger partial charge < -0.3 is 9.88 Å². The summed E-state index contributed by atoms with van der Waals surface area (Å²) < 4.78 is 3.00. The molecule has 0 spiro atoms. The zero-order valence-corrected chi connectivity index (χ0v) is 20.0. The number of thioether (sulfide) groups is 2. The van der Waals surface area contributed by atoms with Crippen molar-refractivity contribution in [2.45, 2.75) is 5.16 Å². The predicted octanol–water partition coefficient (Wildman–Crippen LogP) is 3.99. The van der Waals surface area contributed by atoms with E-state index in [1.54, 1.807) is 0 Å². The molecule has 0 atom stereocenters. The Kier molecular flexibility index (Phi) is 5.94. The van der Waals surface area contributed by atoms with Crippen LogP contribution in [0.1, 0.15) is 5.56 Å². The topological polar surface area (TPSA) is 97.4 Å². The van der Waals surface area contributed by atoms with E-state index in [0.29, 0.717) is 16.1 Å². The Morgan fingerprint density at radius 2 is 1.97 bits per heavy atom. The molecule has 1 aliphatic rings. The van der Waals surface area contributed by atoms with E-state index in [4.69, 9.17) is 0 Å². The van der Waals surface area contributed by atoms with Gasteiger partial charge >= 0.3 is 0 Å². The third-order valence-corrected chi connectivity index (χ3v) is 7.09. The van der Waals surface area contributed by atoms with Gasteiger partial charge in [0.1, 0.15) is 5.52 Å². The number of carbonyl (C=O) groups excluding carboxylic acids is 1. The zero-order valence-electron chi connectivity index (χ0n) is 16.8. The average Bonchev–Trinajstić information content (AvgIpc) is 3.11. The summed E-state index contributed by atoms with van der Waals surface area (Å²) in [4.78, 5) is 17.0. The van der Waals surface area contributed by atoms with E-state index in [0.717, 1.165) is 37.8 Å². The smallest absolute Gasteiger partial charge is 0.236 e. The standard InChI is InChI=1S/C21H16BrN7OS2/c1-29-16-5-3-2-4-14(16)18-19(29)24-21(28-26-18)32-11-17(30)23-20-27-25-15(10-31-20)12-6-8-13(22)9-7-12/h2-9H,10-11H2,1H3,(H,23,27,30). The lowest BCUT2D eigenvalue weighted by atomic mass is 10.1. The number of nitrogens with zero attached hydrogens (tertiary/aromatic N) is 6. The van der Waals surface area contributed by atoms with Gasteiger partial charge in [-0.05, 0) is 23.8 Å². The summed E-state index contributed by atoms with van der Waals surface area (Å²) in [5.74, 6) is 0.600. The van der Waals surface area contributed by atoms with E-state index in [1.165, 1.54) is 23.5 Å². The van der Waals surface area contributed by atoms with Gasteiger partial charge in [-0.3, -0.25) is 4.79 Å². The normalized spacial score (nSPS) is 13.8. The van der Waals surface area contributed by atoms with Gasteiger partial charge in [-0.25, -0.2) is 4.98 Å². The van der Waals surface area contributed by atoms with Crippen molar-refractivity contribution in [3.05, 3.63) is 58.6 Å². The number of hydrogen-bond acceptors (Lipinski definition) is 8. The molecule has 32 heavy (non-hydrogen) atoms. The molecule has 1 N–H and O–H groups in total. The molecule has 2 aromatic carbocycles. The van der Waals surface area contributed by atoms with E-state index >= 15 is 0 Å². The van der Waals surface area contributed by atoms with Crippen LogP contribution in [0.25, 0.3) is 22.1 Å². The molecule has 4 aromatic rings. The number of amidine groups is 1. The predicted molar refractivity (Wildman–Crippen MR) is 133 cm³/mol. The Morgan fingerprint density at radius 1 is 1.16 bits per heavy atom. The summed E-state index contributed by atoms with van der Waals surface area (Å²) >= 11 is 6.11. The van der Waals surface area contributed by atoms with Crippen molar-refractivity contribution in [3.8, 4) is 0 Å². The van der Waals surface area contributed by atoms with Crippen LogP contribution in [0.15, 0.2) is 68.4 Å². The zero-order chi connectivity index (χ0) is 22.1. The molecular formula is C21H16BrN7OS2. The largest absolute Gasteiger partial charge is 0.327 e. The molecule has 5 rings (SSSR count). The molecule has 1 aliphatic heterocycles. The van der Waals surface area contributed by atoms with Crippen molar-refractivity contribution in [3.63, 3.8) is 0 Å². The van der Waals surface area contributed by atoms with Crippen LogP contribution in [0.5, 0.6) is 0 Å². The summed E-state index contributed by atoms with van der Waals surface area (Å²) in [7, 11) is 1.95. The van der Waals surface area contributed by atoms with E-state index in [-0.39, 0.29) is 11.7 Å². The molecule has 2 aromatic heterocycles. The quantitative estimate of drug-likeness (QED) is 0.404. The number of hydrogen-bond donors (Lipinski definition) is 1. The van der Waals surface area contributed by atoms with Crippen LogP contribution in [0.3, 0.4) is 0 Å². The Hall–Kier alpha value is -2.76. The fourth-order valence-electron chi connectivity index (χ4n) is 3.28. The molecule has 8 nitrogen and oxygen atoms in total. The summed E-state index contributed by atoms with van der Waals surface area (Å²) in [5, 5.41) is 21.7. The van der Waals surface area contributed by atoms with Gasteiger partial charge in [-0.15, -0.1) is 15.3 Å². The fraction of sp³-hybridized carbons (Fsp3) is 0.143. The molecule has 3 heterocycles. The first kappa shape index (κ1) is 21.1. The second kappa shape index (κ2) is 9.00. The van der Waals surface area contributed by atoms with Crippen LogP contribution in [0, 0.1) is 0 Å². The molecule has 0 radical (unpaired) electrons. The highest BCUT2D eigenvalue weighted by atomic mass is 79.9. The third kappa shape index (κ3) is 4.27. The van der Waals surface area contributed by atoms with E-state index in [1.807, 2.05) is 60.1 Å². The lowest BCUT2D eigenvalue weighted by molar-refractivity contribution is -0.117. The maximum absolute atomic E-state index is 12.4. The van der Waals surface area contributed by atoms with Crippen molar-refractivity contribution in [2.24, 2.45) is 17.3 Å². The number of amides is 1. The molecule has 11 heteroatoms. The van der Waals surface area contributed by atoms with Crippen LogP contribution >= 0.6 is 39.5 Å². The minimum Gasteiger partial charge on any atom is -0.327 e. The lowest BCUT2D eigenvalue weighted by Gasteiger charge is -2.12. The van der Waals surface area contributed by atoms with Crippen molar-refractivity contribution < 1.29 is 4.79 Å². The van der Waals surface area contributed by atoms with Gasteiger partial charge in [0.2, 0.25) is 11.1 Å². The van der Waals surface area contributed by atoms with E-state index in [2.05, 4.69) is 46.6 Å². The molecular weight excluding hydrogens is 510 g/mol. The first-order valence-corrected chi connectivity index (χ1v) is 12.4. The lowest BCUT2D eigenvalue weighted by Crippen LogP contribution is -2.31. The Morgan fingerprint density at radius 3 is 2.75 bits per heavy atom. The number of halogens is 1. The highest BCUT2D eigenvalue weighted by molar-refractivity contribution is 9.10. The minimum absolute atomic E-state index is 0.153. The molecule has 1 amide bonds. The third-order valence-electron chi connectivity index (χ3n) is 4.85. The van der Waals surface area contributed by atoms with Crippen molar-refractivity contribution in [2.75, 3.05) is 11.5 Å². The number of aryl methyl sites for hydroxylation is 1. The van der Waals surface area contributed by atoms with Crippen molar-refractivity contribution in [1.29, 1.82) is 0 Å². The van der Waals surface area contributed by atoms with Gasteiger partial charge in [-0.2, -0.15) is 5.10 Å². The highest BCUT2D eigenvalue weighted by Crippen LogP contribution is 2.26. The van der Waals surface area contributed by atoms with Crippen molar-refractivity contribution >= 4 is 78.3 Å². The maximum atomic E-state index is 12.4. The van der Waals surface area contributed by atoms with Crippen LogP contribution in [-0.2, 0) is 11.8 Å². The number of para-hydroxylation sites is 1. The number of fused-ring (bicyclic) bond motifs is 3. The number of benzene rings is 2. The van der Waals surface area contributed by atoms with E-state index < -0.39 is 0 Å². The summed E-state index contributed by atoms with van der Waals surface area (Å²) in [6.07, 6.45) is 0. The SMILES string of the molecule is Cn1c2ccccc2c2nnc(SCC(=O)NC3=NN=C(c4ccc(Br)cc4)CS3)nc21. The summed E-state index contributed by atoms with van der Waals surface area (Å²) in [6, 6.07) is 15.9. The molecule has 0 saturated carbocycles. The maximum Gasteiger partial charge on any atom is 0.236 e. The van der Waals surface area contributed by atoms with E-state index in [9.17, 15) is 4.79 Å². The number of aromatic nitrogens is 4. The second-order valence-corrected chi connectivity index (χ2v) is 9.75. The second-order valence-electron chi connectivity index (χ2n) is 6.93. The first-order valence-electron chi connectivity index (χ1n) is 9.62. The van der Waals surface area contributed by atoms with Crippen LogP contribution in [0.4, 0.5) is 0 Å². The van der Waals surface area contributed by atoms with Gasteiger partial charge in [-0.1, -0.05) is 69.8 Å². The van der Waals surface area contributed by atoms with Crippen LogP contribution in [0.2, 0.25) is 0 Å². The molecule has 0 aliphatic carbocycles. The highest BCUT2D eigenvalue weighted by Gasteiger charge is 2.16. The summed E-state index contributed by atoms with van der Waals surface area (Å²) in [5.41, 5.74) is 4.42. The van der Waals surface area contributed by atoms with Crippen LogP contribution < -0.4 is 5.32 Å². The Bertz CT molecular complexity index is 1400. The van der Waals surface area contributed by atoms with Gasteiger partial charge in [0.05, 0.1) is 17.0 Å². The molecule has 0 bridgehead atoms. The number of rotatable bonds is 4. The van der Waals surface area contributed by atoms with Crippen LogP contribution in [-0.4, -0.2) is 48.0 Å². The molecule has 0 saturated heterocycles. The monoisotopic (exact) mass is 525 g/mol. The molecule has 0 fully saturated rings. The van der Waals surface area contributed by atoms with Gasteiger partial charge in [0.25, 0.3) is 0 Å². The number of carbonyl (C=O) groups is 1. The molecule has 160 valence electrons.